The van der Waals surface area contributed by atoms with Crippen LogP contribution in [-0.2, 0) is 4.79 Å². The molecule has 1 aliphatic rings. The molecule has 1 atom stereocenters. The monoisotopic (exact) mass is 514 g/mol. The van der Waals surface area contributed by atoms with Gasteiger partial charge < -0.3 is 15.1 Å². The van der Waals surface area contributed by atoms with Crippen molar-refractivity contribution in [2.24, 2.45) is 0 Å². The fourth-order valence-corrected chi connectivity index (χ4v) is 4.51. The summed E-state index contributed by atoms with van der Waals surface area (Å²) in [4.78, 5) is 29.2. The van der Waals surface area contributed by atoms with Crippen molar-refractivity contribution in [3.05, 3.63) is 53.0 Å². The maximum absolute atomic E-state index is 12.9. The second-order valence-corrected chi connectivity index (χ2v) is 9.52. The fraction of sp³-hybridized carbons (Fsp3) is 0.273. The quantitative estimate of drug-likeness (QED) is 0.516. The first-order valence-corrected chi connectivity index (χ1v) is 11.8. The highest BCUT2D eigenvalue weighted by Gasteiger charge is 2.34. The Morgan fingerprint density at radius 3 is 2.47 bits per heavy atom. The molecule has 4 rings (SSSR count). The molecule has 10 heteroatoms. The molecular weight excluding hydrogens is 492 g/mol. The van der Waals surface area contributed by atoms with Crippen LogP contribution in [0.25, 0.3) is 10.6 Å². The molecular formula is C22H23BrN6O2S. The van der Waals surface area contributed by atoms with E-state index in [2.05, 4.69) is 36.8 Å². The van der Waals surface area contributed by atoms with E-state index in [4.69, 9.17) is 0 Å². The van der Waals surface area contributed by atoms with E-state index in [1.807, 2.05) is 55.4 Å². The molecule has 3 amide bonds. The first kappa shape index (κ1) is 22.2. The predicted molar refractivity (Wildman–Crippen MR) is 131 cm³/mol. The van der Waals surface area contributed by atoms with Crippen molar-refractivity contribution in [2.75, 3.05) is 36.2 Å². The Morgan fingerprint density at radius 2 is 1.78 bits per heavy atom. The van der Waals surface area contributed by atoms with Gasteiger partial charge in [0.15, 0.2) is 0 Å². The Morgan fingerprint density at radius 1 is 1.06 bits per heavy atom. The number of carbonyl (C=O) groups is 2. The molecule has 1 aromatic heterocycles. The standard InChI is InChI=1S/C22H23BrN6O2S/c1-28(2)17-11-5-14(6-12-17)20-26-27-21(32-20)25-19(30)18-4-3-13-29(18)22(31)24-16-9-7-15(23)8-10-16/h5-12,18H,3-4,13H2,1-2H3,(H,24,31)(H,25,27,30). The molecule has 1 aliphatic heterocycles. The molecule has 1 unspecified atom stereocenters. The SMILES string of the molecule is CN(C)c1ccc(-c2nnc(NC(=O)C3CCCN3C(=O)Nc3ccc(Br)cc3)s2)cc1. The smallest absolute Gasteiger partial charge is 0.322 e. The summed E-state index contributed by atoms with van der Waals surface area (Å²) in [6, 6.07) is 14.5. The Kier molecular flexibility index (Phi) is 6.71. The van der Waals surface area contributed by atoms with E-state index in [1.54, 1.807) is 17.0 Å². The van der Waals surface area contributed by atoms with Crippen LogP contribution in [0.4, 0.5) is 21.3 Å². The highest BCUT2D eigenvalue weighted by molar-refractivity contribution is 9.10. The number of halogens is 1. The first-order chi connectivity index (χ1) is 15.4. The number of rotatable bonds is 5. The number of hydrogen-bond acceptors (Lipinski definition) is 6. The van der Waals surface area contributed by atoms with Gasteiger partial charge in [0.05, 0.1) is 0 Å². The second kappa shape index (κ2) is 9.66. The zero-order valence-electron chi connectivity index (χ0n) is 17.7. The molecule has 0 bridgehead atoms. The molecule has 2 N–H and O–H groups in total. The van der Waals surface area contributed by atoms with Gasteiger partial charge in [-0.05, 0) is 61.4 Å². The maximum Gasteiger partial charge on any atom is 0.322 e. The number of benzene rings is 2. The van der Waals surface area contributed by atoms with Crippen molar-refractivity contribution in [1.29, 1.82) is 0 Å². The van der Waals surface area contributed by atoms with Gasteiger partial charge >= 0.3 is 6.03 Å². The van der Waals surface area contributed by atoms with Crippen molar-refractivity contribution in [1.82, 2.24) is 15.1 Å². The Bertz CT molecular complexity index is 1100. The number of nitrogens with zero attached hydrogens (tertiary/aromatic N) is 4. The fourth-order valence-electron chi connectivity index (χ4n) is 3.49. The lowest BCUT2D eigenvalue weighted by molar-refractivity contribution is -0.119. The number of anilines is 3. The van der Waals surface area contributed by atoms with Gasteiger partial charge in [-0.1, -0.05) is 27.3 Å². The van der Waals surface area contributed by atoms with Crippen molar-refractivity contribution in [3.63, 3.8) is 0 Å². The maximum atomic E-state index is 12.9. The Balaban J connectivity index is 1.39. The summed E-state index contributed by atoms with van der Waals surface area (Å²) in [5.41, 5.74) is 2.71. The van der Waals surface area contributed by atoms with Gasteiger partial charge in [-0.25, -0.2) is 4.79 Å². The summed E-state index contributed by atoms with van der Waals surface area (Å²) >= 11 is 4.69. The molecule has 32 heavy (non-hydrogen) atoms. The minimum Gasteiger partial charge on any atom is -0.378 e. The number of nitrogens with one attached hydrogen (secondary N) is 2. The Labute approximate surface area is 198 Å². The molecule has 0 radical (unpaired) electrons. The van der Waals surface area contributed by atoms with E-state index in [1.165, 1.54) is 11.3 Å². The molecule has 1 saturated heterocycles. The van der Waals surface area contributed by atoms with Crippen molar-refractivity contribution < 1.29 is 9.59 Å². The molecule has 0 saturated carbocycles. The molecule has 1 fully saturated rings. The van der Waals surface area contributed by atoms with Crippen LogP contribution in [0.2, 0.25) is 0 Å². The highest BCUT2D eigenvalue weighted by atomic mass is 79.9. The number of carbonyl (C=O) groups excluding carboxylic acids is 2. The van der Waals surface area contributed by atoms with E-state index < -0.39 is 6.04 Å². The average molecular weight is 515 g/mol. The third-order valence-corrected chi connectivity index (χ3v) is 6.61. The molecule has 2 aromatic carbocycles. The molecule has 3 aromatic rings. The zero-order chi connectivity index (χ0) is 22.7. The predicted octanol–water partition coefficient (Wildman–Crippen LogP) is 4.67. The third-order valence-electron chi connectivity index (χ3n) is 5.20. The lowest BCUT2D eigenvalue weighted by atomic mass is 10.2. The summed E-state index contributed by atoms with van der Waals surface area (Å²) in [6.07, 6.45) is 1.38. The van der Waals surface area contributed by atoms with Gasteiger partial charge in [0, 0.05) is 42.1 Å². The van der Waals surface area contributed by atoms with Gasteiger partial charge in [0.2, 0.25) is 11.0 Å². The van der Waals surface area contributed by atoms with Crippen LogP contribution in [0.1, 0.15) is 12.8 Å². The van der Waals surface area contributed by atoms with Crippen molar-refractivity contribution in [2.45, 2.75) is 18.9 Å². The molecule has 8 nitrogen and oxygen atoms in total. The number of urea groups is 1. The second-order valence-electron chi connectivity index (χ2n) is 7.63. The topological polar surface area (TPSA) is 90.5 Å². The summed E-state index contributed by atoms with van der Waals surface area (Å²) in [6.45, 7) is 0.528. The van der Waals surface area contributed by atoms with Crippen LogP contribution >= 0.6 is 27.3 Å². The number of aromatic nitrogens is 2. The van der Waals surface area contributed by atoms with Crippen LogP contribution < -0.4 is 15.5 Å². The number of amides is 3. The van der Waals surface area contributed by atoms with E-state index >= 15 is 0 Å². The lowest BCUT2D eigenvalue weighted by Gasteiger charge is -2.23. The summed E-state index contributed by atoms with van der Waals surface area (Å²) < 4.78 is 0.930. The highest BCUT2D eigenvalue weighted by Crippen LogP contribution is 2.29. The van der Waals surface area contributed by atoms with Crippen LogP contribution in [0.5, 0.6) is 0 Å². The normalized spacial score (nSPS) is 15.5. The van der Waals surface area contributed by atoms with Crippen LogP contribution in [-0.4, -0.2) is 53.7 Å². The third kappa shape index (κ3) is 5.08. The molecule has 0 spiro atoms. The number of likely N-dealkylation sites (tertiary alicyclic amines) is 1. The van der Waals surface area contributed by atoms with Gasteiger partial charge in [0.25, 0.3) is 0 Å². The van der Waals surface area contributed by atoms with E-state index in [9.17, 15) is 9.59 Å². The average Bonchev–Trinajstić information content (AvgIpc) is 3.45. The van der Waals surface area contributed by atoms with Crippen LogP contribution in [0.3, 0.4) is 0 Å². The first-order valence-electron chi connectivity index (χ1n) is 10.2. The minimum atomic E-state index is -0.544. The molecule has 0 aliphatic carbocycles. The van der Waals surface area contributed by atoms with Gasteiger partial charge in [-0.15, -0.1) is 10.2 Å². The lowest BCUT2D eigenvalue weighted by Crippen LogP contribution is -2.45. The van der Waals surface area contributed by atoms with Crippen LogP contribution in [0, 0.1) is 0 Å². The van der Waals surface area contributed by atoms with E-state index in [0.29, 0.717) is 23.8 Å². The van der Waals surface area contributed by atoms with E-state index in [-0.39, 0.29) is 11.9 Å². The molecule has 2 heterocycles. The summed E-state index contributed by atoms with van der Waals surface area (Å²) in [7, 11) is 3.97. The van der Waals surface area contributed by atoms with Gasteiger partial charge in [0.1, 0.15) is 11.0 Å². The Hall–Kier alpha value is -2.98. The number of hydrogen-bond donors (Lipinski definition) is 2. The van der Waals surface area contributed by atoms with Crippen LogP contribution in [0.15, 0.2) is 53.0 Å². The van der Waals surface area contributed by atoms with Crippen molar-refractivity contribution in [3.8, 4) is 10.6 Å². The van der Waals surface area contributed by atoms with Gasteiger partial charge in [-0.3, -0.25) is 10.1 Å². The molecule has 166 valence electrons. The van der Waals surface area contributed by atoms with Gasteiger partial charge in [-0.2, -0.15) is 0 Å². The van der Waals surface area contributed by atoms with E-state index in [0.717, 1.165) is 27.2 Å². The summed E-state index contributed by atoms with van der Waals surface area (Å²) in [5.74, 6) is -0.251. The summed E-state index contributed by atoms with van der Waals surface area (Å²) in [5, 5.41) is 15.1. The van der Waals surface area contributed by atoms with Crippen molar-refractivity contribution >= 4 is 55.7 Å². The largest absolute Gasteiger partial charge is 0.378 e. The zero-order valence-corrected chi connectivity index (χ0v) is 20.1. The minimum absolute atomic E-state index is 0.251.